The van der Waals surface area contributed by atoms with Crippen LogP contribution in [0.2, 0.25) is 5.02 Å². The summed E-state index contributed by atoms with van der Waals surface area (Å²) in [6.07, 6.45) is 0. The maximum Gasteiger partial charge on any atom is 0.233 e. The first-order chi connectivity index (χ1) is 14.1. The summed E-state index contributed by atoms with van der Waals surface area (Å²) in [6, 6.07) is 17.4. The normalized spacial score (nSPS) is 10.9. The standard InChI is InChI=1S/C21H23ClN4O2S/c1-25(14-16-7-6-10-18(22)13-16)19(27)15-29-21-24-23-20(26(21)11-12-28-2)17-8-4-3-5-9-17/h3-10,13H,11-12,14-15H2,1-2H3. The first-order valence-corrected chi connectivity index (χ1v) is 10.5. The van der Waals surface area contributed by atoms with Crippen LogP contribution in [0.3, 0.4) is 0 Å². The predicted molar refractivity (Wildman–Crippen MR) is 116 cm³/mol. The van der Waals surface area contributed by atoms with Gasteiger partial charge in [0.1, 0.15) is 0 Å². The van der Waals surface area contributed by atoms with Crippen LogP contribution >= 0.6 is 23.4 Å². The van der Waals surface area contributed by atoms with Crippen LogP contribution in [0, 0.1) is 0 Å². The third-order valence-corrected chi connectivity index (χ3v) is 5.51. The summed E-state index contributed by atoms with van der Waals surface area (Å²) < 4.78 is 7.22. The van der Waals surface area contributed by atoms with E-state index in [0.717, 1.165) is 17.0 Å². The Kier molecular flexibility index (Phi) is 7.69. The molecule has 8 heteroatoms. The van der Waals surface area contributed by atoms with Crippen molar-refractivity contribution >= 4 is 29.3 Å². The maximum absolute atomic E-state index is 12.6. The molecule has 0 unspecified atom stereocenters. The smallest absolute Gasteiger partial charge is 0.233 e. The molecule has 1 amide bonds. The largest absolute Gasteiger partial charge is 0.383 e. The van der Waals surface area contributed by atoms with E-state index >= 15 is 0 Å². The molecule has 6 nitrogen and oxygen atoms in total. The van der Waals surface area contributed by atoms with Gasteiger partial charge in [-0.3, -0.25) is 9.36 Å². The molecule has 1 aromatic heterocycles. The lowest BCUT2D eigenvalue weighted by molar-refractivity contribution is -0.127. The molecular weight excluding hydrogens is 408 g/mol. The number of nitrogens with zero attached hydrogens (tertiary/aromatic N) is 4. The van der Waals surface area contributed by atoms with Crippen molar-refractivity contribution in [2.24, 2.45) is 0 Å². The molecule has 0 aliphatic rings. The summed E-state index contributed by atoms with van der Waals surface area (Å²) in [5, 5.41) is 10.0. The number of aromatic nitrogens is 3. The zero-order valence-electron chi connectivity index (χ0n) is 16.4. The fraction of sp³-hybridized carbons (Fsp3) is 0.286. The second kappa shape index (κ2) is 10.4. The quantitative estimate of drug-likeness (QED) is 0.480. The van der Waals surface area contributed by atoms with Gasteiger partial charge in [-0.1, -0.05) is 65.8 Å². The van der Waals surface area contributed by atoms with Gasteiger partial charge in [0.25, 0.3) is 0 Å². The number of rotatable bonds is 9. The van der Waals surface area contributed by atoms with E-state index in [4.69, 9.17) is 16.3 Å². The second-order valence-corrected chi connectivity index (χ2v) is 7.86. The number of ether oxygens (including phenoxy) is 1. The Hall–Kier alpha value is -2.35. The number of methoxy groups -OCH3 is 1. The van der Waals surface area contributed by atoms with Crippen molar-refractivity contribution in [1.29, 1.82) is 0 Å². The lowest BCUT2D eigenvalue weighted by atomic mass is 10.2. The van der Waals surface area contributed by atoms with Crippen LogP contribution in [0.5, 0.6) is 0 Å². The van der Waals surface area contributed by atoms with Crippen molar-refractivity contribution in [2.45, 2.75) is 18.2 Å². The first-order valence-electron chi connectivity index (χ1n) is 9.17. The number of benzene rings is 2. The Labute approximate surface area is 179 Å². The summed E-state index contributed by atoms with van der Waals surface area (Å²) in [5.41, 5.74) is 1.97. The van der Waals surface area contributed by atoms with Crippen molar-refractivity contribution in [3.05, 3.63) is 65.2 Å². The minimum absolute atomic E-state index is 0.0116. The van der Waals surface area contributed by atoms with Gasteiger partial charge in [-0.2, -0.15) is 0 Å². The first kappa shape index (κ1) is 21.4. The SMILES string of the molecule is COCCn1c(SCC(=O)N(C)Cc2cccc(Cl)c2)nnc1-c1ccccc1. The Balaban J connectivity index is 1.67. The number of carbonyl (C=O) groups excluding carboxylic acids is 1. The van der Waals surface area contributed by atoms with E-state index in [-0.39, 0.29) is 11.7 Å². The van der Waals surface area contributed by atoms with Gasteiger partial charge < -0.3 is 9.64 Å². The topological polar surface area (TPSA) is 60.2 Å². The molecule has 0 aliphatic heterocycles. The van der Waals surface area contributed by atoms with Crippen molar-refractivity contribution in [3.8, 4) is 11.4 Å². The van der Waals surface area contributed by atoms with Crippen LogP contribution in [-0.4, -0.2) is 52.1 Å². The fourth-order valence-electron chi connectivity index (χ4n) is 2.81. The van der Waals surface area contributed by atoms with Crippen LogP contribution in [0.4, 0.5) is 0 Å². The molecule has 0 N–H and O–H groups in total. The molecular formula is C21H23ClN4O2S. The summed E-state index contributed by atoms with van der Waals surface area (Å²) in [4.78, 5) is 14.3. The highest BCUT2D eigenvalue weighted by atomic mass is 35.5. The molecule has 2 aromatic carbocycles. The highest BCUT2D eigenvalue weighted by Crippen LogP contribution is 2.24. The van der Waals surface area contributed by atoms with E-state index in [9.17, 15) is 4.79 Å². The Morgan fingerprint density at radius 3 is 2.69 bits per heavy atom. The summed E-state index contributed by atoms with van der Waals surface area (Å²) in [6.45, 7) is 1.65. The summed E-state index contributed by atoms with van der Waals surface area (Å²) >= 11 is 7.40. The molecule has 0 aliphatic carbocycles. The molecule has 3 rings (SSSR count). The van der Waals surface area contributed by atoms with E-state index in [1.165, 1.54) is 11.8 Å². The van der Waals surface area contributed by atoms with Crippen molar-refractivity contribution < 1.29 is 9.53 Å². The van der Waals surface area contributed by atoms with Crippen molar-refractivity contribution in [2.75, 3.05) is 26.5 Å². The van der Waals surface area contributed by atoms with E-state index < -0.39 is 0 Å². The minimum atomic E-state index is 0.0116. The van der Waals surface area contributed by atoms with E-state index in [1.807, 2.05) is 59.2 Å². The number of halogens is 1. The van der Waals surface area contributed by atoms with E-state index in [0.29, 0.717) is 29.9 Å². The Morgan fingerprint density at radius 1 is 1.17 bits per heavy atom. The molecule has 0 fully saturated rings. The van der Waals surface area contributed by atoms with Crippen LogP contribution in [0.1, 0.15) is 5.56 Å². The summed E-state index contributed by atoms with van der Waals surface area (Å²) in [7, 11) is 3.45. The fourth-order valence-corrected chi connectivity index (χ4v) is 3.93. The highest BCUT2D eigenvalue weighted by Gasteiger charge is 2.17. The van der Waals surface area contributed by atoms with E-state index in [2.05, 4.69) is 10.2 Å². The maximum atomic E-state index is 12.6. The second-order valence-electron chi connectivity index (χ2n) is 6.49. The molecule has 0 radical (unpaired) electrons. The Bertz CT molecular complexity index is 949. The van der Waals surface area contributed by atoms with Crippen molar-refractivity contribution in [1.82, 2.24) is 19.7 Å². The molecule has 0 saturated carbocycles. The average Bonchev–Trinajstić information content (AvgIpc) is 3.13. The molecule has 0 bridgehead atoms. The highest BCUT2D eigenvalue weighted by molar-refractivity contribution is 7.99. The third-order valence-electron chi connectivity index (χ3n) is 4.33. The number of hydrogen-bond donors (Lipinski definition) is 0. The monoisotopic (exact) mass is 430 g/mol. The molecule has 0 atom stereocenters. The van der Waals surface area contributed by atoms with Gasteiger partial charge in [-0.05, 0) is 17.7 Å². The number of amides is 1. The third kappa shape index (κ3) is 5.82. The molecule has 0 spiro atoms. The lowest BCUT2D eigenvalue weighted by Gasteiger charge is -2.17. The minimum Gasteiger partial charge on any atom is -0.383 e. The van der Waals surface area contributed by atoms with Crippen LogP contribution in [0.25, 0.3) is 11.4 Å². The predicted octanol–water partition coefficient (Wildman–Crippen LogP) is 4.00. The number of hydrogen-bond acceptors (Lipinski definition) is 5. The van der Waals surface area contributed by atoms with Gasteiger partial charge in [0.2, 0.25) is 5.91 Å². The number of thioether (sulfide) groups is 1. The zero-order chi connectivity index (χ0) is 20.6. The van der Waals surface area contributed by atoms with Gasteiger partial charge >= 0.3 is 0 Å². The summed E-state index contributed by atoms with van der Waals surface area (Å²) in [5.74, 6) is 1.05. The molecule has 152 valence electrons. The van der Waals surface area contributed by atoms with Gasteiger partial charge in [-0.15, -0.1) is 10.2 Å². The average molecular weight is 431 g/mol. The molecule has 1 heterocycles. The van der Waals surface area contributed by atoms with Gasteiger partial charge in [0.05, 0.1) is 18.9 Å². The van der Waals surface area contributed by atoms with Crippen molar-refractivity contribution in [3.63, 3.8) is 0 Å². The molecule has 3 aromatic rings. The van der Waals surface area contributed by atoms with Crippen LogP contribution < -0.4 is 0 Å². The number of carbonyl (C=O) groups is 1. The lowest BCUT2D eigenvalue weighted by Crippen LogP contribution is -2.28. The van der Waals surface area contributed by atoms with Crippen LogP contribution in [0.15, 0.2) is 59.8 Å². The van der Waals surface area contributed by atoms with E-state index in [1.54, 1.807) is 19.1 Å². The Morgan fingerprint density at radius 2 is 1.97 bits per heavy atom. The van der Waals surface area contributed by atoms with Gasteiger partial charge in [-0.25, -0.2) is 0 Å². The molecule has 0 saturated heterocycles. The van der Waals surface area contributed by atoms with Crippen LogP contribution in [-0.2, 0) is 22.6 Å². The molecule has 29 heavy (non-hydrogen) atoms. The van der Waals surface area contributed by atoms with Gasteiger partial charge in [0, 0.05) is 31.3 Å². The zero-order valence-corrected chi connectivity index (χ0v) is 18.0. The van der Waals surface area contributed by atoms with Gasteiger partial charge in [0.15, 0.2) is 11.0 Å².